The van der Waals surface area contributed by atoms with Crippen LogP contribution >= 0.6 is 0 Å². The lowest BCUT2D eigenvalue weighted by molar-refractivity contribution is -0.137. The molecule has 0 radical (unpaired) electrons. The van der Waals surface area contributed by atoms with Gasteiger partial charge in [0.05, 0.1) is 11.3 Å². The van der Waals surface area contributed by atoms with Gasteiger partial charge in [0.2, 0.25) is 5.91 Å². The molecule has 0 fully saturated rings. The second kappa shape index (κ2) is 6.91. The fraction of sp³-hybridized carbons (Fsp3) is 0.111. The standard InChI is InChI=1S/C18H13F3N2O3/c19-18(20,21)12-3-1-2-11(8-12)4-7-16(24)22-13-5-6-15-14(9-13)23-17(25)10-26-15/h1-9H,10H2,(H,22,24)(H,23,25)/b7-4+. The number of halogens is 3. The van der Waals surface area contributed by atoms with Crippen LogP contribution in [0.5, 0.6) is 5.75 Å². The van der Waals surface area contributed by atoms with Crippen LogP contribution in [0.25, 0.3) is 6.08 Å². The number of amides is 2. The minimum absolute atomic E-state index is 0.0710. The monoisotopic (exact) mass is 362 g/mol. The molecular weight excluding hydrogens is 349 g/mol. The van der Waals surface area contributed by atoms with E-state index in [1.165, 1.54) is 24.3 Å². The van der Waals surface area contributed by atoms with Crippen LogP contribution in [0, 0.1) is 0 Å². The lowest BCUT2D eigenvalue weighted by Crippen LogP contribution is -2.25. The highest BCUT2D eigenvalue weighted by atomic mass is 19.4. The lowest BCUT2D eigenvalue weighted by atomic mass is 10.1. The predicted molar refractivity (Wildman–Crippen MR) is 89.7 cm³/mol. The van der Waals surface area contributed by atoms with Crippen molar-refractivity contribution >= 4 is 29.3 Å². The van der Waals surface area contributed by atoms with Crippen molar-refractivity contribution in [3.8, 4) is 5.75 Å². The maximum absolute atomic E-state index is 12.7. The number of hydrogen-bond acceptors (Lipinski definition) is 3. The van der Waals surface area contributed by atoms with Gasteiger partial charge in [-0.1, -0.05) is 12.1 Å². The Kier molecular flexibility index (Phi) is 4.66. The van der Waals surface area contributed by atoms with Crippen LogP contribution < -0.4 is 15.4 Å². The highest BCUT2D eigenvalue weighted by molar-refractivity contribution is 6.03. The van der Waals surface area contributed by atoms with Gasteiger partial charge in [0.15, 0.2) is 6.61 Å². The van der Waals surface area contributed by atoms with Gasteiger partial charge in [-0.05, 0) is 42.0 Å². The Bertz CT molecular complexity index is 891. The molecule has 0 spiro atoms. The number of nitrogens with one attached hydrogen (secondary N) is 2. The lowest BCUT2D eigenvalue weighted by Gasteiger charge is -2.18. The molecule has 0 aromatic heterocycles. The number of benzene rings is 2. The Hall–Kier alpha value is -3.29. The molecule has 2 amide bonds. The normalized spacial score (nSPS) is 13.7. The summed E-state index contributed by atoms with van der Waals surface area (Å²) < 4.78 is 43.2. The van der Waals surface area contributed by atoms with E-state index in [0.717, 1.165) is 18.2 Å². The van der Waals surface area contributed by atoms with Crippen molar-refractivity contribution in [1.82, 2.24) is 0 Å². The first kappa shape index (κ1) is 17.5. The van der Waals surface area contributed by atoms with Gasteiger partial charge in [0.25, 0.3) is 5.91 Å². The first-order valence-corrected chi connectivity index (χ1v) is 7.54. The van der Waals surface area contributed by atoms with Gasteiger partial charge in [-0.2, -0.15) is 13.2 Å². The summed E-state index contributed by atoms with van der Waals surface area (Å²) in [4.78, 5) is 23.3. The first-order chi connectivity index (χ1) is 12.3. The van der Waals surface area contributed by atoms with Crippen LogP contribution in [-0.4, -0.2) is 18.4 Å². The number of carbonyl (C=O) groups excluding carboxylic acids is 2. The molecule has 8 heteroatoms. The molecule has 1 aliphatic rings. The van der Waals surface area contributed by atoms with E-state index in [9.17, 15) is 22.8 Å². The van der Waals surface area contributed by atoms with Crippen molar-refractivity contribution in [3.63, 3.8) is 0 Å². The number of anilines is 2. The highest BCUT2D eigenvalue weighted by Crippen LogP contribution is 2.31. The number of alkyl halides is 3. The zero-order valence-electron chi connectivity index (χ0n) is 13.3. The van der Waals surface area contributed by atoms with Gasteiger partial charge in [-0.15, -0.1) is 0 Å². The molecule has 2 aromatic carbocycles. The minimum atomic E-state index is -4.44. The Morgan fingerprint density at radius 3 is 2.77 bits per heavy atom. The SMILES string of the molecule is O=C(/C=C/c1cccc(C(F)(F)F)c1)Nc1ccc2c(c1)NC(=O)CO2. The van der Waals surface area contributed by atoms with E-state index < -0.39 is 17.6 Å². The Morgan fingerprint density at radius 1 is 1.19 bits per heavy atom. The third kappa shape index (κ3) is 4.21. The third-order valence-corrected chi connectivity index (χ3v) is 3.52. The number of fused-ring (bicyclic) bond motifs is 1. The summed E-state index contributed by atoms with van der Waals surface area (Å²) in [6.45, 7) is -0.0710. The van der Waals surface area contributed by atoms with Gasteiger partial charge in [0, 0.05) is 11.8 Å². The molecule has 0 bridgehead atoms. The van der Waals surface area contributed by atoms with Crippen molar-refractivity contribution in [2.24, 2.45) is 0 Å². The Morgan fingerprint density at radius 2 is 2.00 bits per heavy atom. The Labute approximate surface area is 146 Å². The van der Waals surface area contributed by atoms with E-state index >= 15 is 0 Å². The molecule has 3 rings (SSSR count). The summed E-state index contributed by atoms with van der Waals surface area (Å²) in [5.41, 5.74) is 0.306. The van der Waals surface area contributed by atoms with Crippen LogP contribution in [0.2, 0.25) is 0 Å². The molecule has 0 aliphatic carbocycles. The molecule has 1 heterocycles. The summed E-state index contributed by atoms with van der Waals surface area (Å²) in [5, 5.41) is 5.18. The quantitative estimate of drug-likeness (QED) is 0.819. The second-order valence-corrected chi connectivity index (χ2v) is 5.49. The fourth-order valence-corrected chi connectivity index (χ4v) is 2.34. The summed E-state index contributed by atoms with van der Waals surface area (Å²) in [5.74, 6) is -0.335. The topological polar surface area (TPSA) is 67.4 Å². The number of carbonyl (C=O) groups is 2. The van der Waals surface area contributed by atoms with E-state index in [4.69, 9.17) is 4.74 Å². The predicted octanol–water partition coefficient (Wildman–Crippen LogP) is 3.69. The average Bonchev–Trinajstić information content (AvgIpc) is 2.59. The van der Waals surface area contributed by atoms with Crippen molar-refractivity contribution in [3.05, 3.63) is 59.7 Å². The second-order valence-electron chi connectivity index (χ2n) is 5.49. The summed E-state index contributed by atoms with van der Waals surface area (Å²) >= 11 is 0. The van der Waals surface area contributed by atoms with E-state index in [0.29, 0.717) is 17.1 Å². The molecular formula is C18H13F3N2O3. The summed E-state index contributed by atoms with van der Waals surface area (Å²) in [6, 6.07) is 9.36. The number of ether oxygens (including phenoxy) is 1. The largest absolute Gasteiger partial charge is 0.482 e. The molecule has 1 aliphatic heterocycles. The maximum atomic E-state index is 12.7. The van der Waals surface area contributed by atoms with Gasteiger partial charge in [0.1, 0.15) is 5.75 Å². The van der Waals surface area contributed by atoms with Gasteiger partial charge >= 0.3 is 6.18 Å². The van der Waals surface area contributed by atoms with E-state index in [-0.39, 0.29) is 18.1 Å². The van der Waals surface area contributed by atoms with E-state index in [2.05, 4.69) is 10.6 Å². The fourth-order valence-electron chi connectivity index (χ4n) is 2.34. The van der Waals surface area contributed by atoms with Crippen molar-refractivity contribution in [2.45, 2.75) is 6.18 Å². The molecule has 134 valence electrons. The smallest absolute Gasteiger partial charge is 0.416 e. The summed E-state index contributed by atoms with van der Waals surface area (Å²) in [6.07, 6.45) is -2.03. The van der Waals surface area contributed by atoms with Crippen LogP contribution in [-0.2, 0) is 15.8 Å². The molecule has 0 saturated carbocycles. The molecule has 0 saturated heterocycles. The zero-order chi connectivity index (χ0) is 18.7. The number of rotatable bonds is 3. The van der Waals surface area contributed by atoms with Gasteiger partial charge < -0.3 is 15.4 Å². The summed E-state index contributed by atoms with van der Waals surface area (Å²) in [7, 11) is 0. The van der Waals surface area contributed by atoms with Crippen LogP contribution in [0.1, 0.15) is 11.1 Å². The maximum Gasteiger partial charge on any atom is 0.416 e. The van der Waals surface area contributed by atoms with Gasteiger partial charge in [-0.3, -0.25) is 9.59 Å². The minimum Gasteiger partial charge on any atom is -0.482 e. The first-order valence-electron chi connectivity index (χ1n) is 7.54. The van der Waals surface area contributed by atoms with Crippen LogP contribution in [0.4, 0.5) is 24.5 Å². The van der Waals surface area contributed by atoms with Crippen LogP contribution in [0.15, 0.2) is 48.5 Å². The van der Waals surface area contributed by atoms with E-state index in [1.807, 2.05) is 0 Å². The van der Waals surface area contributed by atoms with Gasteiger partial charge in [-0.25, -0.2) is 0 Å². The van der Waals surface area contributed by atoms with E-state index in [1.54, 1.807) is 12.1 Å². The number of hydrogen-bond donors (Lipinski definition) is 2. The zero-order valence-corrected chi connectivity index (χ0v) is 13.3. The Balaban J connectivity index is 1.69. The van der Waals surface area contributed by atoms with Crippen LogP contribution in [0.3, 0.4) is 0 Å². The van der Waals surface area contributed by atoms with Crippen molar-refractivity contribution < 1.29 is 27.5 Å². The van der Waals surface area contributed by atoms with Crippen molar-refractivity contribution in [2.75, 3.05) is 17.2 Å². The molecule has 0 unspecified atom stereocenters. The molecule has 26 heavy (non-hydrogen) atoms. The molecule has 5 nitrogen and oxygen atoms in total. The molecule has 2 N–H and O–H groups in total. The molecule has 2 aromatic rings. The third-order valence-electron chi connectivity index (χ3n) is 3.52. The molecule has 0 atom stereocenters. The average molecular weight is 362 g/mol. The highest BCUT2D eigenvalue weighted by Gasteiger charge is 2.30. The van der Waals surface area contributed by atoms with Crippen molar-refractivity contribution in [1.29, 1.82) is 0 Å².